The third-order valence-electron chi connectivity index (χ3n) is 4.30. The maximum absolute atomic E-state index is 12.3. The van der Waals surface area contributed by atoms with Gasteiger partial charge in [0.05, 0.1) is 5.69 Å². The summed E-state index contributed by atoms with van der Waals surface area (Å²) in [7, 11) is 0. The van der Waals surface area contributed by atoms with Crippen molar-refractivity contribution in [1.82, 2.24) is 9.80 Å². The smallest absolute Gasteiger partial charge is 0.319 e. The number of likely N-dealkylation sites (tertiary alicyclic amines) is 2. The van der Waals surface area contributed by atoms with Crippen molar-refractivity contribution in [2.45, 2.75) is 25.7 Å². The molecule has 0 radical (unpaired) electrons. The van der Waals surface area contributed by atoms with Crippen LogP contribution >= 0.6 is 11.3 Å². The molecule has 6 heteroatoms. The minimum atomic E-state index is 0.0209. The predicted octanol–water partition coefficient (Wildman–Crippen LogP) is 2.61. The maximum atomic E-state index is 12.3. The van der Waals surface area contributed by atoms with Crippen LogP contribution in [-0.2, 0) is 4.79 Å². The quantitative estimate of drug-likeness (QED) is 0.913. The van der Waals surface area contributed by atoms with Gasteiger partial charge in [0.2, 0.25) is 5.91 Å². The van der Waals surface area contributed by atoms with Crippen LogP contribution in [0.2, 0.25) is 0 Å². The van der Waals surface area contributed by atoms with E-state index in [1.165, 1.54) is 0 Å². The number of urea groups is 1. The summed E-state index contributed by atoms with van der Waals surface area (Å²) < 4.78 is 0. The molecule has 1 aromatic rings. The summed E-state index contributed by atoms with van der Waals surface area (Å²) in [6, 6.07) is 2.07. The lowest BCUT2D eigenvalue weighted by Crippen LogP contribution is -2.47. The summed E-state index contributed by atoms with van der Waals surface area (Å²) in [6.07, 6.45) is 3.75. The Balaban J connectivity index is 1.48. The Hall–Kier alpha value is -1.56. The van der Waals surface area contributed by atoms with Crippen molar-refractivity contribution >= 4 is 29.0 Å². The summed E-state index contributed by atoms with van der Waals surface area (Å²) in [6.45, 7) is 3.16. The summed E-state index contributed by atoms with van der Waals surface area (Å²) in [5.41, 5.74) is 0.876. The van der Waals surface area contributed by atoms with Crippen LogP contribution in [0, 0.1) is 5.92 Å². The van der Waals surface area contributed by atoms with Crippen molar-refractivity contribution in [1.29, 1.82) is 0 Å². The van der Waals surface area contributed by atoms with E-state index in [2.05, 4.69) is 5.32 Å². The monoisotopic (exact) mass is 307 g/mol. The molecule has 0 saturated carbocycles. The SMILES string of the molecule is O=C(Nc1ccsc1)C1CCN(C(=O)N2CCCC2)CC1. The number of rotatable bonds is 2. The summed E-state index contributed by atoms with van der Waals surface area (Å²) in [5.74, 6) is 0.106. The number of carbonyl (C=O) groups excluding carboxylic acids is 2. The number of hydrogen-bond donors (Lipinski definition) is 1. The minimum Gasteiger partial charge on any atom is -0.325 e. The van der Waals surface area contributed by atoms with Gasteiger partial charge in [-0.15, -0.1) is 0 Å². The van der Waals surface area contributed by atoms with E-state index in [1.807, 2.05) is 26.6 Å². The van der Waals surface area contributed by atoms with Crippen LogP contribution in [0.5, 0.6) is 0 Å². The van der Waals surface area contributed by atoms with Gasteiger partial charge < -0.3 is 15.1 Å². The van der Waals surface area contributed by atoms with Crippen molar-refractivity contribution in [2.24, 2.45) is 5.92 Å². The number of nitrogens with one attached hydrogen (secondary N) is 1. The first kappa shape index (κ1) is 14.4. The number of nitrogens with zero attached hydrogens (tertiary/aromatic N) is 2. The zero-order valence-electron chi connectivity index (χ0n) is 12.1. The normalized spacial score (nSPS) is 19.8. The van der Waals surface area contributed by atoms with E-state index in [-0.39, 0.29) is 17.9 Å². The van der Waals surface area contributed by atoms with E-state index in [1.54, 1.807) is 11.3 Å². The number of piperidine rings is 1. The predicted molar refractivity (Wildman–Crippen MR) is 83.4 cm³/mol. The van der Waals surface area contributed by atoms with Gasteiger partial charge in [0.1, 0.15) is 0 Å². The molecule has 3 heterocycles. The molecule has 3 rings (SSSR count). The van der Waals surface area contributed by atoms with Gasteiger partial charge in [0.25, 0.3) is 0 Å². The first-order valence-electron chi connectivity index (χ1n) is 7.61. The molecule has 0 unspecified atom stereocenters. The molecular formula is C15H21N3O2S. The molecule has 0 aliphatic carbocycles. The average molecular weight is 307 g/mol. The van der Waals surface area contributed by atoms with Gasteiger partial charge in [-0.1, -0.05) is 0 Å². The minimum absolute atomic E-state index is 0.0209. The van der Waals surface area contributed by atoms with Crippen LogP contribution in [0.1, 0.15) is 25.7 Å². The standard InChI is InChI=1S/C15H21N3O2S/c19-14(16-13-5-10-21-11-13)12-3-8-18(9-4-12)15(20)17-6-1-2-7-17/h5,10-12H,1-4,6-9H2,(H,16,19). The number of carbonyl (C=O) groups is 2. The highest BCUT2D eigenvalue weighted by Crippen LogP contribution is 2.22. The zero-order chi connectivity index (χ0) is 14.7. The van der Waals surface area contributed by atoms with E-state index in [9.17, 15) is 9.59 Å². The number of thiophene rings is 1. The van der Waals surface area contributed by atoms with Crippen LogP contribution in [-0.4, -0.2) is 47.9 Å². The van der Waals surface area contributed by atoms with Gasteiger partial charge in [-0.3, -0.25) is 4.79 Å². The highest BCUT2D eigenvalue weighted by molar-refractivity contribution is 7.08. The molecule has 2 fully saturated rings. The molecule has 21 heavy (non-hydrogen) atoms. The Morgan fingerprint density at radius 1 is 1.10 bits per heavy atom. The van der Waals surface area contributed by atoms with Crippen molar-refractivity contribution < 1.29 is 9.59 Å². The number of amides is 3. The van der Waals surface area contributed by atoms with Crippen molar-refractivity contribution in [2.75, 3.05) is 31.5 Å². The van der Waals surface area contributed by atoms with Gasteiger partial charge in [0.15, 0.2) is 0 Å². The molecule has 2 aliphatic heterocycles. The fourth-order valence-corrected chi connectivity index (χ4v) is 3.61. The molecule has 0 spiro atoms. The Kier molecular flexibility index (Phi) is 4.43. The van der Waals surface area contributed by atoms with Gasteiger partial charge in [0, 0.05) is 37.5 Å². The Morgan fingerprint density at radius 3 is 2.38 bits per heavy atom. The molecule has 0 bridgehead atoms. The zero-order valence-corrected chi connectivity index (χ0v) is 12.9. The van der Waals surface area contributed by atoms with Gasteiger partial charge in [-0.05, 0) is 37.1 Å². The van der Waals surface area contributed by atoms with Gasteiger partial charge in [-0.2, -0.15) is 11.3 Å². The molecule has 1 aromatic heterocycles. The number of anilines is 1. The van der Waals surface area contributed by atoms with Crippen molar-refractivity contribution in [3.8, 4) is 0 Å². The summed E-state index contributed by atoms with van der Waals surface area (Å²) in [5, 5.41) is 6.83. The van der Waals surface area contributed by atoms with E-state index in [0.717, 1.165) is 44.5 Å². The maximum Gasteiger partial charge on any atom is 0.319 e. The molecule has 2 aliphatic rings. The van der Waals surface area contributed by atoms with Gasteiger partial charge >= 0.3 is 6.03 Å². The third kappa shape index (κ3) is 3.37. The van der Waals surface area contributed by atoms with E-state index in [0.29, 0.717) is 13.1 Å². The summed E-state index contributed by atoms with van der Waals surface area (Å²) >= 11 is 1.57. The second-order valence-electron chi connectivity index (χ2n) is 5.74. The summed E-state index contributed by atoms with van der Waals surface area (Å²) in [4.78, 5) is 28.3. The lowest BCUT2D eigenvalue weighted by Gasteiger charge is -2.34. The van der Waals surface area contributed by atoms with Crippen LogP contribution < -0.4 is 5.32 Å². The van der Waals surface area contributed by atoms with E-state index < -0.39 is 0 Å². The number of hydrogen-bond acceptors (Lipinski definition) is 3. The second kappa shape index (κ2) is 6.47. The van der Waals surface area contributed by atoms with Crippen LogP contribution in [0.3, 0.4) is 0 Å². The van der Waals surface area contributed by atoms with E-state index >= 15 is 0 Å². The van der Waals surface area contributed by atoms with Crippen molar-refractivity contribution in [3.63, 3.8) is 0 Å². The van der Waals surface area contributed by atoms with Crippen LogP contribution in [0.15, 0.2) is 16.8 Å². The van der Waals surface area contributed by atoms with Gasteiger partial charge in [-0.25, -0.2) is 4.79 Å². The molecule has 3 amide bonds. The first-order valence-corrected chi connectivity index (χ1v) is 8.55. The highest BCUT2D eigenvalue weighted by atomic mass is 32.1. The lowest BCUT2D eigenvalue weighted by molar-refractivity contribution is -0.121. The molecule has 0 aromatic carbocycles. The molecule has 114 valence electrons. The Bertz CT molecular complexity index is 489. The van der Waals surface area contributed by atoms with Crippen LogP contribution in [0.25, 0.3) is 0 Å². The third-order valence-corrected chi connectivity index (χ3v) is 4.98. The van der Waals surface area contributed by atoms with Crippen LogP contribution in [0.4, 0.5) is 10.5 Å². The molecular weight excluding hydrogens is 286 g/mol. The highest BCUT2D eigenvalue weighted by Gasteiger charge is 2.30. The molecule has 2 saturated heterocycles. The fraction of sp³-hybridized carbons (Fsp3) is 0.600. The Morgan fingerprint density at radius 2 is 1.76 bits per heavy atom. The first-order chi connectivity index (χ1) is 10.2. The largest absolute Gasteiger partial charge is 0.325 e. The Labute approximate surface area is 128 Å². The molecule has 0 atom stereocenters. The molecule has 5 nitrogen and oxygen atoms in total. The average Bonchev–Trinajstić information content (AvgIpc) is 3.20. The van der Waals surface area contributed by atoms with E-state index in [4.69, 9.17) is 0 Å². The topological polar surface area (TPSA) is 52.7 Å². The van der Waals surface area contributed by atoms with Crippen molar-refractivity contribution in [3.05, 3.63) is 16.8 Å². The fourth-order valence-electron chi connectivity index (χ4n) is 3.02. The lowest BCUT2D eigenvalue weighted by atomic mass is 9.96. The second-order valence-corrected chi connectivity index (χ2v) is 6.52. The molecule has 1 N–H and O–H groups in total.